The molecule has 21 heavy (non-hydrogen) atoms. The number of rotatable bonds is 6. The number of hydrogen-bond donors (Lipinski definition) is 0. The minimum absolute atomic E-state index is 0.124. The molecule has 2 unspecified atom stereocenters. The van der Waals surface area contributed by atoms with E-state index in [4.69, 9.17) is 0 Å². The van der Waals surface area contributed by atoms with Crippen LogP contribution in [0.15, 0.2) is 0 Å². The number of halogens is 6. The van der Waals surface area contributed by atoms with E-state index in [1.54, 1.807) is 0 Å². The van der Waals surface area contributed by atoms with Gasteiger partial charge < -0.3 is 9.47 Å². The van der Waals surface area contributed by atoms with Crippen LogP contribution in [0.2, 0.25) is 0 Å². The number of unbranched alkanes of at least 4 members (excludes halogenated alkanes) is 4. The molecule has 126 valence electrons. The summed E-state index contributed by atoms with van der Waals surface area (Å²) in [5, 5.41) is 0. The Morgan fingerprint density at radius 3 is 1.81 bits per heavy atom. The van der Waals surface area contributed by atoms with Crippen molar-refractivity contribution in [3.63, 3.8) is 0 Å². The second-order valence-corrected chi connectivity index (χ2v) is 5.29. The van der Waals surface area contributed by atoms with Gasteiger partial charge in [-0.3, -0.25) is 0 Å². The summed E-state index contributed by atoms with van der Waals surface area (Å²) in [4.78, 5) is 0. The van der Waals surface area contributed by atoms with E-state index in [1.165, 1.54) is 6.92 Å². The van der Waals surface area contributed by atoms with Crippen LogP contribution in [0.5, 0.6) is 0 Å². The SMILES string of the molecule is CCCCCCCC1OC(C(F)(F)F)(C(F)(F)F)OC1C. The number of hydrogen-bond acceptors (Lipinski definition) is 2. The van der Waals surface area contributed by atoms with Crippen molar-refractivity contribution in [2.24, 2.45) is 0 Å². The molecule has 0 aromatic carbocycles. The summed E-state index contributed by atoms with van der Waals surface area (Å²) in [6.07, 6.45) is -9.46. The van der Waals surface area contributed by atoms with Crippen LogP contribution in [0.1, 0.15) is 52.4 Å². The fourth-order valence-corrected chi connectivity index (χ4v) is 2.35. The molecular weight excluding hydrogens is 302 g/mol. The molecule has 0 N–H and O–H groups in total. The molecule has 1 aliphatic heterocycles. The largest absolute Gasteiger partial charge is 0.453 e. The average molecular weight is 322 g/mol. The second-order valence-electron chi connectivity index (χ2n) is 5.29. The van der Waals surface area contributed by atoms with Gasteiger partial charge in [0.2, 0.25) is 0 Å². The molecule has 0 spiro atoms. The van der Waals surface area contributed by atoms with Crippen molar-refractivity contribution in [2.75, 3.05) is 0 Å². The molecule has 0 amide bonds. The molecule has 0 aliphatic carbocycles. The Bertz CT molecular complexity index is 312. The first-order valence-electron chi connectivity index (χ1n) is 7.04. The third-order valence-electron chi connectivity index (χ3n) is 3.53. The molecule has 1 fully saturated rings. The van der Waals surface area contributed by atoms with Gasteiger partial charge in [-0.1, -0.05) is 39.0 Å². The molecule has 1 rings (SSSR count). The number of alkyl halides is 6. The molecule has 0 bridgehead atoms. The Morgan fingerprint density at radius 2 is 1.38 bits per heavy atom. The highest BCUT2D eigenvalue weighted by molar-refractivity contribution is 4.95. The van der Waals surface area contributed by atoms with Crippen molar-refractivity contribution >= 4 is 0 Å². The first kappa shape index (κ1) is 18.5. The van der Waals surface area contributed by atoms with Crippen molar-refractivity contribution in [2.45, 2.75) is 82.7 Å². The van der Waals surface area contributed by atoms with Crippen LogP contribution in [0.25, 0.3) is 0 Å². The van der Waals surface area contributed by atoms with E-state index in [-0.39, 0.29) is 6.42 Å². The van der Waals surface area contributed by atoms with E-state index in [9.17, 15) is 26.3 Å². The van der Waals surface area contributed by atoms with Crippen molar-refractivity contribution in [3.05, 3.63) is 0 Å². The maximum absolute atomic E-state index is 12.8. The van der Waals surface area contributed by atoms with Gasteiger partial charge in [0.05, 0.1) is 12.2 Å². The van der Waals surface area contributed by atoms with Gasteiger partial charge in [-0.05, 0) is 13.3 Å². The van der Waals surface area contributed by atoms with E-state index in [1.807, 2.05) is 6.92 Å². The molecule has 0 radical (unpaired) electrons. The monoisotopic (exact) mass is 322 g/mol. The summed E-state index contributed by atoms with van der Waals surface area (Å²) in [6, 6.07) is 0. The van der Waals surface area contributed by atoms with Gasteiger partial charge in [-0.2, -0.15) is 26.3 Å². The summed E-state index contributed by atoms with van der Waals surface area (Å²) in [5.41, 5.74) is 0. The van der Waals surface area contributed by atoms with Crippen LogP contribution >= 0.6 is 0 Å². The second kappa shape index (κ2) is 6.73. The highest BCUT2D eigenvalue weighted by Crippen LogP contribution is 2.52. The Kier molecular flexibility index (Phi) is 5.94. The van der Waals surface area contributed by atoms with Crippen LogP contribution in [0, 0.1) is 0 Å². The molecule has 0 saturated carbocycles. The Labute approximate surface area is 119 Å². The molecule has 0 aromatic heterocycles. The lowest BCUT2D eigenvalue weighted by molar-refractivity contribution is -0.445. The summed E-state index contributed by atoms with van der Waals surface area (Å²) < 4.78 is 85.2. The third-order valence-corrected chi connectivity index (χ3v) is 3.53. The maximum atomic E-state index is 12.8. The first-order chi connectivity index (χ1) is 9.55. The molecule has 8 heteroatoms. The lowest BCUT2D eigenvalue weighted by Crippen LogP contribution is -2.58. The van der Waals surface area contributed by atoms with Crippen molar-refractivity contribution in [1.82, 2.24) is 0 Å². The van der Waals surface area contributed by atoms with Crippen LogP contribution < -0.4 is 0 Å². The average Bonchev–Trinajstić information content (AvgIpc) is 2.67. The summed E-state index contributed by atoms with van der Waals surface area (Å²) in [5.74, 6) is -4.49. The molecular formula is C13H20F6O2. The molecule has 2 atom stereocenters. The smallest absolute Gasteiger partial charge is 0.330 e. The highest BCUT2D eigenvalue weighted by Gasteiger charge is 2.78. The Balaban J connectivity index is 2.68. The zero-order valence-electron chi connectivity index (χ0n) is 12.0. The van der Waals surface area contributed by atoms with Gasteiger partial charge in [0.25, 0.3) is 0 Å². The first-order valence-corrected chi connectivity index (χ1v) is 7.04. The standard InChI is InChI=1S/C13H20F6O2/c1-3-4-5-6-7-8-10-9(2)20-11(21-10,12(14,15)16)13(17,18)19/h9-10H,3-8H2,1-2H3. The Morgan fingerprint density at radius 1 is 0.857 bits per heavy atom. The lowest BCUT2D eigenvalue weighted by Gasteiger charge is -2.31. The van der Waals surface area contributed by atoms with E-state index in [0.29, 0.717) is 6.42 Å². The predicted molar refractivity (Wildman–Crippen MR) is 63.6 cm³/mol. The molecule has 0 aromatic rings. The highest BCUT2D eigenvalue weighted by atomic mass is 19.4. The normalized spacial score (nSPS) is 26.3. The van der Waals surface area contributed by atoms with Crippen LogP contribution in [-0.2, 0) is 9.47 Å². The zero-order chi connectivity index (χ0) is 16.3. The van der Waals surface area contributed by atoms with Crippen LogP contribution in [0.4, 0.5) is 26.3 Å². The van der Waals surface area contributed by atoms with Gasteiger partial charge in [0.15, 0.2) is 0 Å². The van der Waals surface area contributed by atoms with Gasteiger partial charge in [0.1, 0.15) is 0 Å². The van der Waals surface area contributed by atoms with Crippen molar-refractivity contribution < 1.29 is 35.8 Å². The van der Waals surface area contributed by atoms with E-state index >= 15 is 0 Å². The van der Waals surface area contributed by atoms with Crippen molar-refractivity contribution in [1.29, 1.82) is 0 Å². The van der Waals surface area contributed by atoms with E-state index < -0.39 is 30.3 Å². The molecule has 1 saturated heterocycles. The molecule has 1 aliphatic rings. The van der Waals surface area contributed by atoms with E-state index in [2.05, 4.69) is 9.47 Å². The van der Waals surface area contributed by atoms with E-state index in [0.717, 1.165) is 25.7 Å². The molecule has 1 heterocycles. The molecule has 2 nitrogen and oxygen atoms in total. The van der Waals surface area contributed by atoms with Crippen molar-refractivity contribution in [3.8, 4) is 0 Å². The summed E-state index contributed by atoms with van der Waals surface area (Å²) in [6.45, 7) is 3.19. The lowest BCUT2D eigenvalue weighted by atomic mass is 10.1. The van der Waals surface area contributed by atoms with Gasteiger partial charge in [0, 0.05) is 0 Å². The topological polar surface area (TPSA) is 18.5 Å². The minimum atomic E-state index is -5.66. The summed E-state index contributed by atoms with van der Waals surface area (Å²) >= 11 is 0. The zero-order valence-corrected chi connectivity index (χ0v) is 12.0. The number of ether oxygens (including phenoxy) is 2. The minimum Gasteiger partial charge on any atom is -0.330 e. The van der Waals surface area contributed by atoms with Gasteiger partial charge in [-0.25, -0.2) is 0 Å². The summed E-state index contributed by atoms with van der Waals surface area (Å²) in [7, 11) is 0. The van der Waals surface area contributed by atoms with Gasteiger partial charge >= 0.3 is 18.1 Å². The van der Waals surface area contributed by atoms with Crippen LogP contribution in [-0.4, -0.2) is 30.3 Å². The fraction of sp³-hybridized carbons (Fsp3) is 1.00. The quantitative estimate of drug-likeness (QED) is 0.508. The third kappa shape index (κ3) is 4.03. The van der Waals surface area contributed by atoms with Crippen LogP contribution in [0.3, 0.4) is 0 Å². The Hall–Kier alpha value is -0.500. The predicted octanol–water partition coefficient (Wildman–Crippen LogP) is 4.97. The fourth-order valence-electron chi connectivity index (χ4n) is 2.35. The maximum Gasteiger partial charge on any atom is 0.453 e. The van der Waals surface area contributed by atoms with Gasteiger partial charge in [-0.15, -0.1) is 0 Å².